The molecule has 0 aromatic carbocycles. The molecule has 2 unspecified atom stereocenters. The van der Waals surface area contributed by atoms with Crippen LogP contribution < -0.4 is 0 Å². The van der Waals surface area contributed by atoms with E-state index < -0.39 is 5.97 Å². The largest absolute Gasteiger partial charge is 0.481 e. The fourth-order valence-electron chi connectivity index (χ4n) is 3.55. The monoisotopic (exact) mass is 241 g/mol. The van der Waals surface area contributed by atoms with Gasteiger partial charge in [-0.25, -0.2) is 0 Å². The Morgan fingerprint density at radius 2 is 2.00 bits per heavy atom. The molecule has 1 aliphatic carbocycles. The maximum atomic E-state index is 11.2. The van der Waals surface area contributed by atoms with Gasteiger partial charge in [0.15, 0.2) is 0 Å². The van der Waals surface area contributed by atoms with Crippen molar-refractivity contribution in [2.45, 2.75) is 64.8 Å². The van der Waals surface area contributed by atoms with Gasteiger partial charge in [-0.15, -0.1) is 0 Å². The number of hydrogen-bond acceptors (Lipinski definition) is 2. The summed E-state index contributed by atoms with van der Waals surface area (Å²) in [6, 6.07) is 0. The minimum absolute atomic E-state index is 0.0751. The van der Waals surface area contributed by atoms with E-state index in [0.717, 1.165) is 25.9 Å². The first-order valence-corrected chi connectivity index (χ1v) is 7.04. The number of rotatable bonds is 6. The zero-order chi connectivity index (χ0) is 12.9. The minimum atomic E-state index is -0.645. The zero-order valence-corrected chi connectivity index (χ0v) is 11.5. The SMILES string of the molecule is CCC1CCCC(CC(=O)O)(N(CC)CC)C1. The smallest absolute Gasteiger partial charge is 0.305 e. The number of aliphatic carboxylic acids is 1. The Balaban J connectivity index is 2.87. The van der Waals surface area contributed by atoms with Crippen LogP contribution in [0.25, 0.3) is 0 Å². The van der Waals surface area contributed by atoms with Crippen molar-refractivity contribution in [3.8, 4) is 0 Å². The maximum absolute atomic E-state index is 11.2. The van der Waals surface area contributed by atoms with E-state index in [9.17, 15) is 9.90 Å². The summed E-state index contributed by atoms with van der Waals surface area (Å²) in [5.41, 5.74) is -0.0751. The summed E-state index contributed by atoms with van der Waals surface area (Å²) in [5, 5.41) is 9.20. The van der Waals surface area contributed by atoms with E-state index in [4.69, 9.17) is 0 Å². The van der Waals surface area contributed by atoms with Crippen molar-refractivity contribution in [1.82, 2.24) is 4.90 Å². The topological polar surface area (TPSA) is 40.5 Å². The summed E-state index contributed by atoms with van der Waals surface area (Å²) >= 11 is 0. The minimum Gasteiger partial charge on any atom is -0.481 e. The highest BCUT2D eigenvalue weighted by molar-refractivity contribution is 5.68. The van der Waals surface area contributed by atoms with Crippen LogP contribution in [-0.2, 0) is 4.79 Å². The lowest BCUT2D eigenvalue weighted by Crippen LogP contribution is -2.52. The third kappa shape index (κ3) is 3.44. The highest BCUT2D eigenvalue weighted by Crippen LogP contribution is 2.40. The van der Waals surface area contributed by atoms with Crippen LogP contribution in [0.1, 0.15) is 59.3 Å². The molecule has 0 spiro atoms. The van der Waals surface area contributed by atoms with Gasteiger partial charge in [0, 0.05) is 5.54 Å². The van der Waals surface area contributed by atoms with Crippen LogP contribution in [0.15, 0.2) is 0 Å². The average Bonchev–Trinajstić information content (AvgIpc) is 2.29. The molecule has 3 nitrogen and oxygen atoms in total. The number of hydrogen-bond donors (Lipinski definition) is 1. The molecule has 100 valence electrons. The van der Waals surface area contributed by atoms with Crippen LogP contribution in [0.2, 0.25) is 0 Å². The molecule has 17 heavy (non-hydrogen) atoms. The van der Waals surface area contributed by atoms with Gasteiger partial charge in [-0.3, -0.25) is 9.69 Å². The van der Waals surface area contributed by atoms with Gasteiger partial charge in [-0.05, 0) is 31.8 Å². The Hall–Kier alpha value is -0.570. The molecule has 0 radical (unpaired) electrons. The Bertz CT molecular complexity index is 251. The van der Waals surface area contributed by atoms with Crippen LogP contribution in [-0.4, -0.2) is 34.6 Å². The van der Waals surface area contributed by atoms with Crippen LogP contribution >= 0.6 is 0 Å². The van der Waals surface area contributed by atoms with Crippen molar-refractivity contribution in [3.63, 3.8) is 0 Å². The standard InChI is InChI=1S/C14H27NO2/c1-4-12-8-7-9-14(10-12,11-13(16)17)15(5-2)6-3/h12H,4-11H2,1-3H3,(H,16,17). The summed E-state index contributed by atoms with van der Waals surface area (Å²) in [4.78, 5) is 13.6. The molecule has 1 saturated carbocycles. The van der Waals surface area contributed by atoms with Crippen molar-refractivity contribution in [3.05, 3.63) is 0 Å². The van der Waals surface area contributed by atoms with Crippen molar-refractivity contribution in [2.75, 3.05) is 13.1 Å². The van der Waals surface area contributed by atoms with E-state index in [0.29, 0.717) is 12.3 Å². The summed E-state index contributed by atoms with van der Waals surface area (Å²) in [6.45, 7) is 8.43. The lowest BCUT2D eigenvalue weighted by Gasteiger charge is -2.47. The second-order valence-corrected chi connectivity index (χ2v) is 5.34. The van der Waals surface area contributed by atoms with Crippen LogP contribution in [0.5, 0.6) is 0 Å². The van der Waals surface area contributed by atoms with Gasteiger partial charge in [0.2, 0.25) is 0 Å². The second-order valence-electron chi connectivity index (χ2n) is 5.34. The van der Waals surface area contributed by atoms with Crippen molar-refractivity contribution in [2.24, 2.45) is 5.92 Å². The molecule has 1 rings (SSSR count). The molecule has 0 saturated heterocycles. The second kappa shape index (κ2) is 6.39. The molecule has 0 aliphatic heterocycles. The van der Waals surface area contributed by atoms with E-state index in [1.54, 1.807) is 0 Å². The van der Waals surface area contributed by atoms with E-state index >= 15 is 0 Å². The number of carbonyl (C=O) groups is 1. The maximum Gasteiger partial charge on any atom is 0.305 e. The number of nitrogens with zero attached hydrogens (tertiary/aromatic N) is 1. The predicted octanol–water partition coefficient (Wildman–Crippen LogP) is 3.14. The molecule has 1 N–H and O–H groups in total. The zero-order valence-electron chi connectivity index (χ0n) is 11.5. The molecule has 0 bridgehead atoms. The van der Waals surface area contributed by atoms with Gasteiger partial charge in [-0.1, -0.05) is 40.0 Å². The van der Waals surface area contributed by atoms with E-state index in [-0.39, 0.29) is 5.54 Å². The fourth-order valence-corrected chi connectivity index (χ4v) is 3.55. The molecule has 0 aromatic rings. The van der Waals surface area contributed by atoms with E-state index in [2.05, 4.69) is 25.7 Å². The Morgan fingerprint density at radius 1 is 1.35 bits per heavy atom. The Labute approximate surface area is 105 Å². The van der Waals surface area contributed by atoms with Crippen LogP contribution in [0.3, 0.4) is 0 Å². The summed E-state index contributed by atoms with van der Waals surface area (Å²) in [7, 11) is 0. The van der Waals surface area contributed by atoms with Gasteiger partial charge in [-0.2, -0.15) is 0 Å². The van der Waals surface area contributed by atoms with Gasteiger partial charge >= 0.3 is 5.97 Å². The molecule has 1 aliphatic rings. The van der Waals surface area contributed by atoms with Crippen LogP contribution in [0.4, 0.5) is 0 Å². The molecular formula is C14H27NO2. The molecule has 2 atom stereocenters. The average molecular weight is 241 g/mol. The van der Waals surface area contributed by atoms with Crippen molar-refractivity contribution in [1.29, 1.82) is 0 Å². The third-order valence-corrected chi connectivity index (χ3v) is 4.42. The molecular weight excluding hydrogens is 214 g/mol. The van der Waals surface area contributed by atoms with E-state index in [1.165, 1.54) is 19.3 Å². The lowest BCUT2D eigenvalue weighted by molar-refractivity contribution is -0.141. The van der Waals surface area contributed by atoms with E-state index in [1.807, 2.05) is 0 Å². The number of carboxylic acid groups (broad SMARTS) is 1. The summed E-state index contributed by atoms with van der Waals surface area (Å²) < 4.78 is 0. The van der Waals surface area contributed by atoms with Gasteiger partial charge in [0.1, 0.15) is 0 Å². The molecule has 3 heteroatoms. The first-order chi connectivity index (χ1) is 8.07. The highest BCUT2D eigenvalue weighted by Gasteiger charge is 2.41. The molecule has 0 aromatic heterocycles. The normalized spacial score (nSPS) is 29.5. The third-order valence-electron chi connectivity index (χ3n) is 4.42. The van der Waals surface area contributed by atoms with Crippen molar-refractivity contribution >= 4 is 5.97 Å². The molecule has 0 heterocycles. The predicted molar refractivity (Wildman–Crippen MR) is 70.2 cm³/mol. The molecule has 1 fully saturated rings. The highest BCUT2D eigenvalue weighted by atomic mass is 16.4. The van der Waals surface area contributed by atoms with Gasteiger partial charge in [0.25, 0.3) is 0 Å². The quantitative estimate of drug-likeness (QED) is 0.776. The Kier molecular flexibility index (Phi) is 5.44. The Morgan fingerprint density at radius 3 is 2.47 bits per heavy atom. The van der Waals surface area contributed by atoms with Crippen molar-refractivity contribution < 1.29 is 9.90 Å². The van der Waals surface area contributed by atoms with Gasteiger partial charge < -0.3 is 5.11 Å². The lowest BCUT2D eigenvalue weighted by atomic mass is 9.72. The fraction of sp³-hybridized carbons (Fsp3) is 0.929. The van der Waals surface area contributed by atoms with Crippen LogP contribution in [0, 0.1) is 5.92 Å². The summed E-state index contributed by atoms with van der Waals surface area (Å²) in [5.74, 6) is 0.0670. The molecule has 0 amide bonds. The first kappa shape index (κ1) is 14.5. The first-order valence-electron chi connectivity index (χ1n) is 7.04. The van der Waals surface area contributed by atoms with Gasteiger partial charge in [0.05, 0.1) is 6.42 Å². The summed E-state index contributed by atoms with van der Waals surface area (Å²) in [6.07, 6.45) is 6.07. The number of carboxylic acids is 1.